The van der Waals surface area contributed by atoms with E-state index in [0.29, 0.717) is 24.0 Å². The summed E-state index contributed by atoms with van der Waals surface area (Å²) in [6.07, 6.45) is 8.89. The average molecular weight is 567 g/mol. The van der Waals surface area contributed by atoms with Crippen molar-refractivity contribution in [1.29, 1.82) is 0 Å². The van der Waals surface area contributed by atoms with Crippen LogP contribution in [-0.2, 0) is 11.2 Å². The van der Waals surface area contributed by atoms with Crippen LogP contribution >= 0.6 is 15.9 Å². The molecule has 0 unspecified atom stereocenters. The normalized spacial score (nSPS) is 13.2. The van der Waals surface area contributed by atoms with Crippen LogP contribution in [0.2, 0.25) is 0 Å². The molecule has 3 aromatic heterocycles. The minimum absolute atomic E-state index is 0.0154. The highest BCUT2D eigenvalue weighted by atomic mass is 79.9. The minimum atomic E-state index is -0.617. The maximum atomic E-state index is 13.3. The zero-order chi connectivity index (χ0) is 25.8. The molecular formula is C27H28BrFN6O2. The number of carbonyl (C=O) groups excluding carboxylic acids is 1. The van der Waals surface area contributed by atoms with Gasteiger partial charge in [-0.25, -0.2) is 9.50 Å². The van der Waals surface area contributed by atoms with Crippen molar-refractivity contribution in [1.82, 2.24) is 24.7 Å². The van der Waals surface area contributed by atoms with Crippen molar-refractivity contribution in [3.8, 4) is 11.1 Å². The van der Waals surface area contributed by atoms with Gasteiger partial charge in [0.25, 0.3) is 5.91 Å². The summed E-state index contributed by atoms with van der Waals surface area (Å²) in [5, 5.41) is 8.30. The number of alkyl halides is 1. The second-order valence-electron chi connectivity index (χ2n) is 9.28. The molecule has 1 saturated carbocycles. The van der Waals surface area contributed by atoms with E-state index in [0.717, 1.165) is 65.6 Å². The van der Waals surface area contributed by atoms with Crippen molar-refractivity contribution in [2.75, 3.05) is 18.1 Å². The molecule has 1 amide bonds. The molecule has 3 heterocycles. The van der Waals surface area contributed by atoms with E-state index in [9.17, 15) is 9.18 Å². The van der Waals surface area contributed by atoms with Crippen molar-refractivity contribution in [3.05, 3.63) is 71.2 Å². The molecule has 0 radical (unpaired) electrons. The molecule has 0 N–H and O–H groups in total. The minimum Gasteiger partial charge on any atom is -0.339 e. The third-order valence-electron chi connectivity index (χ3n) is 6.45. The fourth-order valence-corrected chi connectivity index (χ4v) is 4.73. The molecule has 37 heavy (non-hydrogen) atoms. The van der Waals surface area contributed by atoms with E-state index in [4.69, 9.17) is 4.52 Å². The van der Waals surface area contributed by atoms with Gasteiger partial charge in [0.2, 0.25) is 5.89 Å². The van der Waals surface area contributed by atoms with Crippen molar-refractivity contribution in [3.63, 3.8) is 0 Å². The van der Waals surface area contributed by atoms with E-state index in [2.05, 4.69) is 42.7 Å². The van der Waals surface area contributed by atoms with Gasteiger partial charge in [0, 0.05) is 52.8 Å². The van der Waals surface area contributed by atoms with E-state index in [1.54, 1.807) is 9.42 Å². The Hall–Kier alpha value is -3.40. The van der Waals surface area contributed by atoms with Gasteiger partial charge in [0.05, 0.1) is 6.67 Å². The van der Waals surface area contributed by atoms with E-state index >= 15 is 0 Å². The largest absolute Gasteiger partial charge is 0.339 e. The van der Waals surface area contributed by atoms with Crippen molar-refractivity contribution >= 4 is 33.2 Å². The van der Waals surface area contributed by atoms with Crippen LogP contribution in [0.1, 0.15) is 56.2 Å². The Morgan fingerprint density at radius 1 is 1.24 bits per heavy atom. The summed E-state index contributed by atoms with van der Waals surface area (Å²) in [6.45, 7) is 3.71. The number of amides is 1. The zero-order valence-electron chi connectivity index (χ0n) is 20.4. The fourth-order valence-electron chi connectivity index (χ4n) is 4.31. The highest BCUT2D eigenvalue weighted by molar-refractivity contribution is 9.10. The molecule has 192 valence electrons. The van der Waals surface area contributed by atoms with Crippen LogP contribution in [0.25, 0.3) is 16.8 Å². The smallest absolute Gasteiger partial charge is 0.253 e. The number of fused-ring (bicyclic) bond motifs is 1. The van der Waals surface area contributed by atoms with Gasteiger partial charge < -0.3 is 9.42 Å². The second kappa shape index (κ2) is 11.3. The maximum absolute atomic E-state index is 13.3. The second-order valence-corrected chi connectivity index (χ2v) is 10.2. The predicted molar refractivity (Wildman–Crippen MR) is 142 cm³/mol. The standard InChI is InChI=1S/C27H28BrFN6O2/c1-18(11-12-29)27(36)34(13-4-2-3-8-24-32-25(33-37-24)19-9-10-19)22-7-5-6-20(14-22)23-15-21(28)16-35-26(23)30-17-31-35/h5-7,14-17,19H,1-4,8-13H2. The van der Waals surface area contributed by atoms with Gasteiger partial charge in [0.15, 0.2) is 11.5 Å². The first-order valence-electron chi connectivity index (χ1n) is 12.5. The average Bonchev–Trinajstić information content (AvgIpc) is 3.45. The summed E-state index contributed by atoms with van der Waals surface area (Å²) in [5.41, 5.74) is 3.48. The summed E-state index contributed by atoms with van der Waals surface area (Å²) in [4.78, 5) is 23.8. The molecule has 0 atom stereocenters. The first-order valence-corrected chi connectivity index (χ1v) is 13.3. The number of rotatable bonds is 12. The van der Waals surface area contributed by atoms with Gasteiger partial charge in [-0.05, 0) is 65.4 Å². The molecule has 0 saturated heterocycles. The van der Waals surface area contributed by atoms with Crippen LogP contribution in [0.4, 0.5) is 10.1 Å². The Morgan fingerprint density at radius 3 is 2.92 bits per heavy atom. The molecular weight excluding hydrogens is 539 g/mol. The van der Waals surface area contributed by atoms with Crippen molar-refractivity contribution < 1.29 is 13.7 Å². The van der Waals surface area contributed by atoms with Crippen LogP contribution in [0.5, 0.6) is 0 Å². The fraction of sp³-hybridized carbons (Fsp3) is 0.370. The van der Waals surface area contributed by atoms with Gasteiger partial charge in [-0.1, -0.05) is 30.3 Å². The van der Waals surface area contributed by atoms with Crippen molar-refractivity contribution in [2.24, 2.45) is 0 Å². The molecule has 4 aromatic rings. The molecule has 0 bridgehead atoms. The molecule has 1 fully saturated rings. The third kappa shape index (κ3) is 5.95. The number of benzene rings is 1. The van der Waals surface area contributed by atoms with Crippen LogP contribution in [0.3, 0.4) is 0 Å². The van der Waals surface area contributed by atoms with Gasteiger partial charge in [-0.15, -0.1) is 0 Å². The highest BCUT2D eigenvalue weighted by Crippen LogP contribution is 2.38. The number of hydrogen-bond acceptors (Lipinski definition) is 6. The van der Waals surface area contributed by atoms with Crippen molar-refractivity contribution in [2.45, 2.75) is 50.9 Å². The maximum Gasteiger partial charge on any atom is 0.253 e. The molecule has 1 aliphatic carbocycles. The quantitative estimate of drug-likeness (QED) is 0.152. The topological polar surface area (TPSA) is 89.4 Å². The Balaban J connectivity index is 1.30. The summed E-state index contributed by atoms with van der Waals surface area (Å²) in [7, 11) is 0. The Morgan fingerprint density at radius 2 is 2.11 bits per heavy atom. The molecule has 10 heteroatoms. The molecule has 1 aromatic carbocycles. The lowest BCUT2D eigenvalue weighted by molar-refractivity contribution is -0.115. The summed E-state index contributed by atoms with van der Waals surface area (Å²) >= 11 is 3.53. The first-order chi connectivity index (χ1) is 18.0. The predicted octanol–water partition coefficient (Wildman–Crippen LogP) is 6.08. The highest BCUT2D eigenvalue weighted by Gasteiger charge is 2.28. The summed E-state index contributed by atoms with van der Waals surface area (Å²) in [6, 6.07) is 9.70. The molecule has 0 aliphatic heterocycles. The van der Waals surface area contributed by atoms with Crippen LogP contribution < -0.4 is 4.90 Å². The number of aryl methyl sites for hydroxylation is 1. The Bertz CT molecular complexity index is 1410. The number of halogens is 2. The Kier molecular flexibility index (Phi) is 7.73. The molecule has 1 aliphatic rings. The molecule has 8 nitrogen and oxygen atoms in total. The van der Waals surface area contributed by atoms with Gasteiger partial charge in [0.1, 0.15) is 6.33 Å². The lowest BCUT2D eigenvalue weighted by Gasteiger charge is -2.24. The molecule has 0 spiro atoms. The van der Waals surface area contributed by atoms with Gasteiger partial charge in [-0.2, -0.15) is 10.1 Å². The molecule has 5 rings (SSSR count). The number of hydrogen-bond donors (Lipinski definition) is 0. The zero-order valence-corrected chi connectivity index (χ0v) is 22.0. The number of anilines is 1. The summed E-state index contributed by atoms with van der Waals surface area (Å²) < 4.78 is 20.9. The van der Waals surface area contributed by atoms with Crippen LogP contribution in [0.15, 0.2) is 64.0 Å². The van der Waals surface area contributed by atoms with E-state index in [1.165, 1.54) is 6.33 Å². The monoisotopic (exact) mass is 566 g/mol. The van der Waals surface area contributed by atoms with E-state index < -0.39 is 6.67 Å². The van der Waals surface area contributed by atoms with Crippen LogP contribution in [-0.4, -0.2) is 43.9 Å². The number of unbranched alkanes of at least 4 members (excludes halogenated alkanes) is 2. The number of pyridine rings is 1. The number of aromatic nitrogens is 5. The van der Waals surface area contributed by atoms with Crippen LogP contribution in [0, 0.1) is 0 Å². The van der Waals surface area contributed by atoms with Gasteiger partial charge >= 0.3 is 0 Å². The third-order valence-corrected chi connectivity index (χ3v) is 6.89. The lowest BCUT2D eigenvalue weighted by Crippen LogP contribution is -2.33. The Labute approximate surface area is 222 Å². The van der Waals surface area contributed by atoms with Gasteiger partial charge in [-0.3, -0.25) is 9.18 Å². The van der Waals surface area contributed by atoms with E-state index in [1.807, 2.05) is 36.5 Å². The number of nitrogens with zero attached hydrogens (tertiary/aromatic N) is 6. The number of carbonyl (C=O) groups is 1. The van der Waals surface area contributed by atoms with E-state index in [-0.39, 0.29) is 17.9 Å². The lowest BCUT2D eigenvalue weighted by atomic mass is 10.0. The SMILES string of the molecule is C=C(CCF)C(=O)N(CCCCCc1nc(C2CC2)no1)c1cccc(-c2cc(Br)cn3ncnc23)c1. The first kappa shape index (κ1) is 25.3. The summed E-state index contributed by atoms with van der Waals surface area (Å²) in [5.74, 6) is 1.71.